The molecule has 0 radical (unpaired) electrons. The van der Waals surface area contributed by atoms with Gasteiger partial charge in [-0.15, -0.1) is 0 Å². The molecule has 6 heteroatoms. The van der Waals surface area contributed by atoms with Crippen molar-refractivity contribution < 1.29 is 14.7 Å². The van der Waals surface area contributed by atoms with Crippen molar-refractivity contribution in [3.63, 3.8) is 0 Å². The molecule has 0 aromatic rings. The van der Waals surface area contributed by atoms with Crippen LogP contribution in [0.2, 0.25) is 0 Å². The van der Waals surface area contributed by atoms with Gasteiger partial charge in [-0.25, -0.2) is 4.79 Å². The van der Waals surface area contributed by atoms with Gasteiger partial charge in [0, 0.05) is 18.2 Å². The summed E-state index contributed by atoms with van der Waals surface area (Å²) in [6, 6.07) is -0.660. The highest BCUT2D eigenvalue weighted by Gasteiger charge is 2.40. The highest BCUT2D eigenvalue weighted by atomic mass is 32.2. The van der Waals surface area contributed by atoms with E-state index in [1.807, 2.05) is 6.26 Å². The smallest absolute Gasteiger partial charge is 0.327 e. The van der Waals surface area contributed by atoms with Gasteiger partial charge in [0.1, 0.15) is 6.04 Å². The Morgan fingerprint density at radius 3 is 2.73 bits per heavy atom. The molecule has 1 fully saturated rings. The standard InChI is InChI=1S/C9H15NO3S2/c1-15-6-2-4-10(7(11)3-5-14)8(6)9(12)13/h6,8,14H,2-5H2,1H3,(H,12,13)/t6-,8-/m0/s1. The average molecular weight is 249 g/mol. The van der Waals surface area contributed by atoms with Gasteiger partial charge >= 0.3 is 5.97 Å². The van der Waals surface area contributed by atoms with Crippen LogP contribution in [-0.2, 0) is 9.59 Å². The number of likely N-dealkylation sites (tertiary alicyclic amines) is 1. The van der Waals surface area contributed by atoms with E-state index in [2.05, 4.69) is 12.6 Å². The Balaban J connectivity index is 2.72. The van der Waals surface area contributed by atoms with Gasteiger partial charge in [-0.1, -0.05) is 0 Å². The van der Waals surface area contributed by atoms with E-state index < -0.39 is 12.0 Å². The fraction of sp³-hybridized carbons (Fsp3) is 0.778. The lowest BCUT2D eigenvalue weighted by molar-refractivity contribution is -0.147. The number of aliphatic carboxylic acids is 1. The van der Waals surface area contributed by atoms with Crippen molar-refractivity contribution in [1.29, 1.82) is 0 Å². The Kier molecular flexibility index (Phi) is 4.79. The molecule has 1 saturated heterocycles. The summed E-state index contributed by atoms with van der Waals surface area (Å²) in [6.07, 6.45) is 2.96. The molecule has 1 amide bonds. The topological polar surface area (TPSA) is 57.6 Å². The first kappa shape index (κ1) is 12.7. The predicted molar refractivity (Wildman–Crippen MR) is 63.5 cm³/mol. The third kappa shape index (κ3) is 2.81. The molecule has 1 rings (SSSR count). The molecule has 0 aromatic carbocycles. The minimum Gasteiger partial charge on any atom is -0.480 e. The molecular formula is C9H15NO3S2. The number of hydrogen-bond acceptors (Lipinski definition) is 4. The number of thiol groups is 1. The molecule has 0 saturated carbocycles. The monoisotopic (exact) mass is 249 g/mol. The van der Waals surface area contributed by atoms with E-state index in [4.69, 9.17) is 5.11 Å². The van der Waals surface area contributed by atoms with E-state index in [1.54, 1.807) is 0 Å². The summed E-state index contributed by atoms with van der Waals surface area (Å²) in [5.41, 5.74) is 0. The Labute approximate surface area is 98.8 Å². The van der Waals surface area contributed by atoms with Crippen LogP contribution in [0.25, 0.3) is 0 Å². The highest BCUT2D eigenvalue weighted by Crippen LogP contribution is 2.28. The van der Waals surface area contributed by atoms with Crippen molar-refractivity contribution in [2.24, 2.45) is 0 Å². The highest BCUT2D eigenvalue weighted by molar-refractivity contribution is 7.99. The third-order valence-electron chi connectivity index (χ3n) is 2.54. The molecule has 0 unspecified atom stereocenters. The van der Waals surface area contributed by atoms with Crippen LogP contribution < -0.4 is 0 Å². The Morgan fingerprint density at radius 2 is 2.27 bits per heavy atom. The van der Waals surface area contributed by atoms with E-state index in [9.17, 15) is 9.59 Å². The third-order valence-corrected chi connectivity index (χ3v) is 3.87. The van der Waals surface area contributed by atoms with Crippen LogP contribution in [0.1, 0.15) is 12.8 Å². The fourth-order valence-electron chi connectivity index (χ4n) is 1.82. The zero-order chi connectivity index (χ0) is 11.4. The first-order valence-electron chi connectivity index (χ1n) is 4.77. The number of carboxylic acids is 1. The van der Waals surface area contributed by atoms with Gasteiger partial charge in [-0.2, -0.15) is 24.4 Å². The van der Waals surface area contributed by atoms with Gasteiger partial charge in [-0.3, -0.25) is 4.79 Å². The summed E-state index contributed by atoms with van der Waals surface area (Å²) in [6.45, 7) is 0.551. The maximum atomic E-state index is 11.6. The average Bonchev–Trinajstić information content (AvgIpc) is 2.61. The van der Waals surface area contributed by atoms with E-state index in [-0.39, 0.29) is 11.2 Å². The lowest BCUT2D eigenvalue weighted by Crippen LogP contribution is -2.44. The molecule has 1 aliphatic heterocycles. The molecule has 0 aliphatic carbocycles. The van der Waals surface area contributed by atoms with Gasteiger partial charge in [-0.05, 0) is 18.4 Å². The maximum Gasteiger partial charge on any atom is 0.327 e. The first-order valence-corrected chi connectivity index (χ1v) is 6.69. The van der Waals surface area contributed by atoms with Crippen LogP contribution in [0.15, 0.2) is 0 Å². The lowest BCUT2D eigenvalue weighted by Gasteiger charge is -2.23. The zero-order valence-corrected chi connectivity index (χ0v) is 10.3. The Bertz CT molecular complexity index is 260. The second-order valence-corrected chi connectivity index (χ2v) is 4.93. The van der Waals surface area contributed by atoms with Crippen molar-refractivity contribution in [2.45, 2.75) is 24.1 Å². The number of rotatable bonds is 4. The second-order valence-electron chi connectivity index (χ2n) is 3.41. The van der Waals surface area contributed by atoms with Crippen LogP contribution in [0.5, 0.6) is 0 Å². The molecule has 1 aliphatic rings. The molecule has 0 aromatic heterocycles. The van der Waals surface area contributed by atoms with E-state index >= 15 is 0 Å². The fourth-order valence-corrected chi connectivity index (χ4v) is 2.88. The van der Waals surface area contributed by atoms with E-state index in [1.165, 1.54) is 16.7 Å². The quantitative estimate of drug-likeness (QED) is 0.721. The summed E-state index contributed by atoms with van der Waals surface area (Å²) in [5, 5.41) is 9.10. The number of hydrogen-bond donors (Lipinski definition) is 2. The molecule has 86 valence electrons. The minimum absolute atomic E-state index is 0.0198. The molecule has 0 bridgehead atoms. The second kappa shape index (κ2) is 5.65. The molecule has 2 atom stereocenters. The molecular weight excluding hydrogens is 234 g/mol. The van der Waals surface area contributed by atoms with Crippen LogP contribution in [0.4, 0.5) is 0 Å². The van der Waals surface area contributed by atoms with Crippen molar-refractivity contribution in [3.8, 4) is 0 Å². The van der Waals surface area contributed by atoms with E-state index in [0.717, 1.165) is 6.42 Å². The number of thioether (sulfide) groups is 1. The molecule has 15 heavy (non-hydrogen) atoms. The van der Waals surface area contributed by atoms with Gasteiger partial charge in [0.2, 0.25) is 5.91 Å². The van der Waals surface area contributed by atoms with Crippen molar-refractivity contribution in [3.05, 3.63) is 0 Å². The maximum absolute atomic E-state index is 11.6. The van der Waals surface area contributed by atoms with Crippen molar-refractivity contribution >= 4 is 36.3 Å². The van der Waals surface area contributed by atoms with E-state index in [0.29, 0.717) is 18.7 Å². The minimum atomic E-state index is -0.903. The normalized spacial score (nSPS) is 25.6. The van der Waals surface area contributed by atoms with Crippen LogP contribution >= 0.6 is 24.4 Å². The van der Waals surface area contributed by atoms with Crippen LogP contribution in [0, 0.1) is 0 Å². The molecule has 1 heterocycles. The SMILES string of the molecule is CS[C@H]1CCN(C(=O)CCS)[C@@H]1C(=O)O. The number of carbonyl (C=O) groups excluding carboxylic acids is 1. The number of carbonyl (C=O) groups is 2. The number of amides is 1. The Morgan fingerprint density at radius 1 is 1.60 bits per heavy atom. The summed E-state index contributed by atoms with van der Waals surface area (Å²) in [7, 11) is 0. The Hall–Kier alpha value is -0.360. The van der Waals surface area contributed by atoms with Gasteiger partial charge in [0.15, 0.2) is 0 Å². The summed E-state index contributed by atoms with van der Waals surface area (Å²) >= 11 is 5.49. The first-order chi connectivity index (χ1) is 7.11. The van der Waals surface area contributed by atoms with Gasteiger partial charge < -0.3 is 10.0 Å². The lowest BCUT2D eigenvalue weighted by atomic mass is 10.2. The number of nitrogens with zero attached hydrogens (tertiary/aromatic N) is 1. The summed E-state index contributed by atoms with van der Waals surface area (Å²) in [4.78, 5) is 24.2. The zero-order valence-electron chi connectivity index (χ0n) is 8.55. The summed E-state index contributed by atoms with van der Waals surface area (Å²) < 4.78 is 0. The van der Waals surface area contributed by atoms with Crippen molar-refractivity contribution in [2.75, 3.05) is 18.6 Å². The molecule has 0 spiro atoms. The summed E-state index contributed by atoms with van der Waals surface area (Å²) in [5.74, 6) is -0.542. The predicted octanol–water partition coefficient (Wildman–Crippen LogP) is 0.723. The van der Waals surface area contributed by atoms with Crippen LogP contribution in [-0.4, -0.2) is 51.7 Å². The van der Waals surface area contributed by atoms with Crippen molar-refractivity contribution in [1.82, 2.24) is 4.90 Å². The van der Waals surface area contributed by atoms with Crippen LogP contribution in [0.3, 0.4) is 0 Å². The molecule has 1 N–H and O–H groups in total. The largest absolute Gasteiger partial charge is 0.480 e. The van der Waals surface area contributed by atoms with Gasteiger partial charge in [0.05, 0.1) is 0 Å². The molecule has 4 nitrogen and oxygen atoms in total. The number of carboxylic acid groups (broad SMARTS) is 1. The van der Waals surface area contributed by atoms with Gasteiger partial charge in [0.25, 0.3) is 0 Å².